The molecule has 0 radical (unpaired) electrons. The van der Waals surface area contributed by atoms with Gasteiger partial charge in [-0.05, 0) is 161 Å². The molecule has 438 valence electrons. The van der Waals surface area contributed by atoms with E-state index in [0.717, 1.165) is 50.6 Å². The molecule has 0 unspecified atom stereocenters. The van der Waals surface area contributed by atoms with E-state index in [1.807, 2.05) is 179 Å². The summed E-state index contributed by atoms with van der Waals surface area (Å²) in [5, 5.41) is 0. The monoisotopic (exact) mass is 1190 g/mol. The molecule has 0 fully saturated rings. The minimum absolute atomic E-state index is 0.0330. The fraction of sp³-hybridized carbons (Fsp3) is 0.114. The van der Waals surface area contributed by atoms with Crippen molar-refractivity contribution < 1.29 is 26.0 Å². The predicted molar refractivity (Wildman–Crippen MR) is 384 cm³/mol. The van der Waals surface area contributed by atoms with Crippen LogP contribution in [0.5, 0.6) is 0 Å². The van der Waals surface area contributed by atoms with Crippen LogP contribution >= 0.6 is 0 Å². The van der Waals surface area contributed by atoms with Crippen molar-refractivity contribution in [2.24, 2.45) is 0 Å². The maximum atomic E-state index is 10.1. The van der Waals surface area contributed by atoms with E-state index in [1.54, 1.807) is 24.3 Å². The number of hydrogen-bond acceptors (Lipinski definition) is 3. The van der Waals surface area contributed by atoms with Crippen molar-refractivity contribution in [3.05, 3.63) is 342 Å². The molecule has 2 heterocycles. The average Bonchev–Trinajstić information content (AvgIpc) is 0.681. The second kappa shape index (κ2) is 22.1. The summed E-state index contributed by atoms with van der Waals surface area (Å²) in [6.45, 7) is 11.6. The zero-order valence-electron chi connectivity index (χ0n) is 70.0. The highest BCUT2D eigenvalue weighted by atomic mass is 15.3. The average molecular weight is 1190 g/mol. The molecule has 3 heteroatoms. The van der Waals surface area contributed by atoms with Crippen LogP contribution in [0.2, 0.25) is 0 Å². The molecule has 0 N–H and O–H groups in total. The number of hydrogen-bond donors (Lipinski definition) is 0. The molecule has 0 aromatic heterocycles. The van der Waals surface area contributed by atoms with E-state index >= 15 is 0 Å². The lowest BCUT2D eigenvalue weighted by molar-refractivity contribution is 0.590. The first-order valence-corrected chi connectivity index (χ1v) is 30.6. The molecule has 0 saturated carbocycles. The summed E-state index contributed by atoms with van der Waals surface area (Å²) >= 11 is 0. The Kier molecular flexibility index (Phi) is 9.37. The van der Waals surface area contributed by atoms with E-state index in [2.05, 4.69) is 35.2 Å². The molecule has 91 heavy (non-hydrogen) atoms. The lowest BCUT2D eigenvalue weighted by atomic mass is 9.74. The van der Waals surface area contributed by atoms with Crippen molar-refractivity contribution in [1.82, 2.24) is 0 Å². The van der Waals surface area contributed by atoms with Gasteiger partial charge >= 0.3 is 0 Å². The fourth-order valence-electron chi connectivity index (χ4n) is 13.5. The summed E-state index contributed by atoms with van der Waals surface area (Å²) in [4.78, 5) is 5.96. The zero-order chi connectivity index (χ0) is 78.1. The Morgan fingerprint density at radius 2 is 0.648 bits per heavy atom. The Morgan fingerprint density at radius 1 is 0.297 bits per heavy atom. The Labute approximate surface area is 563 Å². The summed E-state index contributed by atoms with van der Waals surface area (Å²) in [7, 11) is 0. The second-order valence-electron chi connectivity index (χ2n) is 25.5. The summed E-state index contributed by atoms with van der Waals surface area (Å²) in [5.74, 6) is -0.642. The van der Waals surface area contributed by atoms with Gasteiger partial charge in [-0.3, -0.25) is 0 Å². The highest BCUT2D eigenvalue weighted by molar-refractivity contribution is 6.17. The Bertz CT molecular complexity index is 5880. The maximum Gasteiger partial charge on any atom is 0.0948 e. The van der Waals surface area contributed by atoms with Crippen LogP contribution in [0, 0.1) is 0 Å². The SMILES string of the molecule is [2H]c1cc([2H])c([2H])c(-c2cc(C(C)(C)C)cc(-c3c([2H])c([2H])c([2H])c([2H])c3[2H])c2N2c3ccc(-c4ccccc4)cc3N3c4cc(-c5ccccc5)ccc4N(c4c(-c5c([2H])c([2H])c([2H])c([2H])c5[2H])cc(C(C)(C)C)cc4-c4c([2H])c([2H])c([2H])c([2H])c4[2H])c4cc(C5c6ccccc6Cc6ccccc65)cc2c43)c1[2H]. The summed E-state index contributed by atoms with van der Waals surface area (Å²) in [5.41, 5.74) is 9.18. The molecule has 16 rings (SSSR count). The first-order chi connectivity index (χ1) is 52.3. The van der Waals surface area contributed by atoms with Crippen molar-refractivity contribution in [2.45, 2.75) is 64.7 Å². The maximum absolute atomic E-state index is 10.1. The van der Waals surface area contributed by atoms with Crippen LogP contribution in [0.4, 0.5) is 51.2 Å². The van der Waals surface area contributed by atoms with Crippen LogP contribution in [-0.2, 0) is 17.3 Å². The van der Waals surface area contributed by atoms with Gasteiger partial charge in [-0.2, -0.15) is 0 Å². The smallest absolute Gasteiger partial charge is 0.0948 e. The first kappa shape index (κ1) is 38.6. The van der Waals surface area contributed by atoms with Gasteiger partial charge in [-0.25, -0.2) is 0 Å². The molecule has 0 spiro atoms. The summed E-state index contributed by atoms with van der Waals surface area (Å²) in [6, 6.07) is 48.9. The van der Waals surface area contributed by atoms with E-state index in [0.29, 0.717) is 62.9 Å². The van der Waals surface area contributed by atoms with E-state index < -0.39 is 119 Å². The molecule has 3 nitrogen and oxygen atoms in total. The lowest BCUT2D eigenvalue weighted by Gasteiger charge is -2.49. The predicted octanol–water partition coefficient (Wildman–Crippen LogP) is 24.4. The molecule has 0 bridgehead atoms. The number of benzene rings is 13. The van der Waals surface area contributed by atoms with Crippen molar-refractivity contribution >= 4 is 51.2 Å². The first-order valence-electron chi connectivity index (χ1n) is 40.1. The number of rotatable bonds is 9. The van der Waals surface area contributed by atoms with Gasteiger partial charge < -0.3 is 14.7 Å². The van der Waals surface area contributed by atoms with Crippen LogP contribution in [-0.4, -0.2) is 0 Å². The molecule has 0 saturated heterocycles. The van der Waals surface area contributed by atoms with Crippen LogP contribution < -0.4 is 14.7 Å². The van der Waals surface area contributed by atoms with Gasteiger partial charge in [0.05, 0.1) is 77.2 Å². The van der Waals surface area contributed by atoms with Gasteiger partial charge in [0, 0.05) is 28.2 Å². The number of fused-ring (bicyclic) bond motifs is 6. The third kappa shape index (κ3) is 9.66. The topological polar surface area (TPSA) is 9.72 Å². The van der Waals surface area contributed by atoms with Gasteiger partial charge in [0.25, 0.3) is 0 Å². The van der Waals surface area contributed by atoms with E-state index in [1.165, 1.54) is 0 Å². The Morgan fingerprint density at radius 3 is 1.03 bits per heavy atom. The molecule has 0 amide bonds. The third-order valence-corrected chi connectivity index (χ3v) is 17.9. The third-order valence-electron chi connectivity index (χ3n) is 17.9. The molecule has 1 aliphatic carbocycles. The summed E-state index contributed by atoms with van der Waals surface area (Å²) < 4.78 is 183. The van der Waals surface area contributed by atoms with E-state index in [-0.39, 0.29) is 68.0 Å². The van der Waals surface area contributed by atoms with Crippen molar-refractivity contribution in [1.29, 1.82) is 0 Å². The van der Waals surface area contributed by atoms with Gasteiger partial charge in [0.1, 0.15) is 0 Å². The number of nitrogens with zero attached hydrogens (tertiary/aromatic N) is 3. The molecule has 3 aliphatic rings. The van der Waals surface area contributed by atoms with Crippen molar-refractivity contribution in [3.63, 3.8) is 0 Å². The highest BCUT2D eigenvalue weighted by Crippen LogP contribution is 2.68. The molecular weight excluding hydrogens is 1100 g/mol. The van der Waals surface area contributed by atoms with Crippen LogP contribution in [0.15, 0.2) is 303 Å². The van der Waals surface area contributed by atoms with E-state index in [9.17, 15) is 21.9 Å². The van der Waals surface area contributed by atoms with Crippen LogP contribution in [0.3, 0.4) is 0 Å². The van der Waals surface area contributed by atoms with E-state index in [4.69, 9.17) is 4.11 Å². The minimum atomic E-state index is -0.859. The van der Waals surface area contributed by atoms with Crippen molar-refractivity contribution in [3.8, 4) is 66.8 Å². The zero-order valence-corrected chi connectivity index (χ0v) is 51.0. The van der Waals surface area contributed by atoms with Crippen LogP contribution in [0.1, 0.15) is 112 Å². The standard InChI is InChI=1S/C88H71N3/c1-87(2,3)69-54-73(60-33-17-9-18-34-60)84(74(55-69)61-35-19-10-20-36-61)89-77-47-45-64(58-29-13-7-14-30-58)50-79(77)91-80-51-65(59-31-15-8-16-32-59)46-48-78(80)90(85-75(62-37-21-11-22-38-62)56-70(88(4,5)6)57-76(85)63-39-23-12-24-40-63)82-53-68(52-81(89)86(82)91)83-71-43-27-25-41-66(71)49-67-42-26-28-44-72(67)83/h7-48,50-57,83H,49H2,1-6H3/i9D,10D,11D,17D,18D,19D,20D,21D,22D,23D,24D,33D,34D,35D,36D,37D,38D,39D,40D. The molecule has 0 atom stereocenters. The molecule has 2 aliphatic heterocycles. The van der Waals surface area contributed by atoms with Crippen molar-refractivity contribution in [2.75, 3.05) is 14.7 Å². The Hall–Kier alpha value is -10.7. The fourth-order valence-corrected chi connectivity index (χ4v) is 13.5. The van der Waals surface area contributed by atoms with Gasteiger partial charge in [0.2, 0.25) is 0 Å². The quantitative estimate of drug-likeness (QED) is 0.143. The highest BCUT2D eigenvalue weighted by Gasteiger charge is 2.44. The minimum Gasteiger partial charge on any atom is -0.305 e. The normalized spacial score (nSPS) is 16.2. The van der Waals surface area contributed by atoms with Crippen LogP contribution in [0.25, 0.3) is 66.8 Å². The summed E-state index contributed by atoms with van der Waals surface area (Å²) in [6.07, 6.45) is 0.562. The molecule has 13 aromatic rings. The molecular formula is C88H71N3. The molecule has 13 aromatic carbocycles. The second-order valence-corrected chi connectivity index (χ2v) is 25.5. The Balaban J connectivity index is 1.20. The number of anilines is 9. The lowest BCUT2D eigenvalue weighted by Crippen LogP contribution is -2.32. The van der Waals surface area contributed by atoms with Gasteiger partial charge in [0.15, 0.2) is 0 Å². The van der Waals surface area contributed by atoms with Gasteiger partial charge in [-0.1, -0.05) is 284 Å². The van der Waals surface area contributed by atoms with Gasteiger partial charge in [-0.15, -0.1) is 0 Å². The largest absolute Gasteiger partial charge is 0.305 e.